The lowest BCUT2D eigenvalue weighted by molar-refractivity contribution is 0.0750. The van der Waals surface area contributed by atoms with Gasteiger partial charge >= 0.3 is 0 Å². The topological polar surface area (TPSA) is 74.8 Å². The van der Waals surface area contributed by atoms with Gasteiger partial charge in [0.15, 0.2) is 0 Å². The molecule has 0 bridgehead atoms. The van der Waals surface area contributed by atoms with Gasteiger partial charge in [0.1, 0.15) is 14.9 Å². The molecule has 0 fully saturated rings. The molecule has 0 saturated heterocycles. The van der Waals surface area contributed by atoms with E-state index in [0.29, 0.717) is 29.3 Å². The SMILES string of the molecule is Bc1ccc2c(c1)C(=O)N(BBBN1C(=O)c3ccc(C(C)C)cc3C1=O)C2=O. The van der Waals surface area contributed by atoms with Crippen LogP contribution in [0.1, 0.15) is 66.8 Å². The van der Waals surface area contributed by atoms with Gasteiger partial charge in [-0.25, -0.2) is 0 Å². The Kier molecular flexibility index (Phi) is 4.73. The minimum absolute atomic E-state index is 0.162. The molecule has 2 aliphatic heterocycles. The van der Waals surface area contributed by atoms with Crippen molar-refractivity contribution in [3.63, 3.8) is 0 Å². The van der Waals surface area contributed by atoms with E-state index >= 15 is 0 Å². The van der Waals surface area contributed by atoms with Gasteiger partial charge in [-0.05, 0) is 29.7 Å². The molecule has 0 spiro atoms. The first-order chi connectivity index (χ1) is 13.8. The van der Waals surface area contributed by atoms with Gasteiger partial charge in [-0.2, -0.15) is 0 Å². The number of benzene rings is 2. The lowest BCUT2D eigenvalue weighted by Gasteiger charge is -2.15. The second kappa shape index (κ2) is 7.10. The van der Waals surface area contributed by atoms with Crippen LogP contribution in [0.25, 0.3) is 0 Å². The van der Waals surface area contributed by atoms with Gasteiger partial charge in [-0.15, -0.1) is 0 Å². The monoisotopic (exact) mass is 382 g/mol. The molecule has 0 radical (unpaired) electrons. The van der Waals surface area contributed by atoms with Crippen LogP contribution in [0.5, 0.6) is 0 Å². The molecule has 2 aromatic carbocycles. The molecule has 10 heteroatoms. The maximum Gasteiger partial charge on any atom is 0.248 e. The number of carbonyl (C=O) groups excluding carboxylic acids is 4. The molecular formula is C19H18B4N2O4. The lowest BCUT2D eigenvalue weighted by atomic mass is 9.26. The lowest BCUT2D eigenvalue weighted by Crippen LogP contribution is -2.44. The molecule has 6 nitrogen and oxygen atoms in total. The summed E-state index contributed by atoms with van der Waals surface area (Å²) in [5.41, 5.74) is 3.58. The van der Waals surface area contributed by atoms with Crippen LogP contribution < -0.4 is 5.46 Å². The fourth-order valence-electron chi connectivity index (χ4n) is 3.87. The number of fused-ring (bicyclic) bond motifs is 2. The minimum Gasteiger partial charge on any atom is -0.333 e. The highest BCUT2D eigenvalue weighted by molar-refractivity contribution is 7.29. The fourth-order valence-corrected chi connectivity index (χ4v) is 3.87. The first-order valence-electron chi connectivity index (χ1n) is 9.76. The molecule has 4 rings (SSSR count). The molecule has 2 heterocycles. The molecule has 0 aromatic heterocycles. The zero-order valence-electron chi connectivity index (χ0n) is 16.7. The van der Waals surface area contributed by atoms with Crippen LogP contribution in [0.2, 0.25) is 0 Å². The van der Waals surface area contributed by atoms with E-state index in [1.807, 2.05) is 27.8 Å². The first kappa shape index (κ1) is 19.3. The molecular weight excluding hydrogens is 363 g/mol. The van der Waals surface area contributed by atoms with E-state index in [4.69, 9.17) is 0 Å². The standard InChI is InChI=1S/C19H18B4N2O4/c1-9(2)10-3-5-12-14(7-10)18(28)24(16(12)26)22-21-23-25-17(27)13-6-4-11(20)8-15(13)19(25)29/h3-9,21-23H,20H2,1-2H3. The minimum atomic E-state index is -0.325. The van der Waals surface area contributed by atoms with Gasteiger partial charge < -0.3 is 9.62 Å². The van der Waals surface area contributed by atoms with Crippen molar-refractivity contribution in [1.29, 1.82) is 0 Å². The summed E-state index contributed by atoms with van der Waals surface area (Å²) in [5, 5.41) is 0. The summed E-state index contributed by atoms with van der Waals surface area (Å²) < 4.78 is 0. The summed E-state index contributed by atoms with van der Waals surface area (Å²) in [5.74, 6) is -1.02. The van der Waals surface area contributed by atoms with Crippen LogP contribution in [-0.4, -0.2) is 62.8 Å². The van der Waals surface area contributed by atoms with E-state index in [-0.39, 0.29) is 44.2 Å². The Balaban J connectivity index is 1.44. The molecule has 4 amide bonds. The third-order valence-electron chi connectivity index (χ3n) is 5.55. The van der Waals surface area contributed by atoms with E-state index in [1.54, 1.807) is 30.3 Å². The summed E-state index contributed by atoms with van der Waals surface area (Å²) in [7, 11) is 2.53. The van der Waals surface area contributed by atoms with Gasteiger partial charge in [-0.3, -0.25) is 19.2 Å². The third kappa shape index (κ3) is 3.12. The molecule has 140 valence electrons. The Hall–Kier alpha value is -3.02. The van der Waals surface area contributed by atoms with Crippen molar-refractivity contribution < 1.29 is 19.2 Å². The number of nitrogens with zero attached hydrogens (tertiary/aromatic N) is 2. The predicted octanol–water partition coefficient (Wildman–Crippen LogP) is -1.07. The van der Waals surface area contributed by atoms with E-state index in [2.05, 4.69) is 0 Å². The van der Waals surface area contributed by atoms with Crippen molar-refractivity contribution in [2.75, 3.05) is 0 Å². The maximum atomic E-state index is 12.7. The van der Waals surface area contributed by atoms with Crippen molar-refractivity contribution in [2.24, 2.45) is 0 Å². The van der Waals surface area contributed by atoms with Crippen molar-refractivity contribution in [3.8, 4) is 0 Å². The Bertz CT molecular complexity index is 1090. The van der Waals surface area contributed by atoms with Crippen LogP contribution in [-0.2, 0) is 0 Å². The number of amides is 4. The van der Waals surface area contributed by atoms with Gasteiger partial charge in [0.25, 0.3) is 0 Å². The summed E-state index contributed by atoms with van der Waals surface area (Å²) in [6.07, 6.45) is 0. The van der Waals surface area contributed by atoms with E-state index in [0.717, 1.165) is 11.0 Å². The number of hydrogen-bond donors (Lipinski definition) is 0. The highest BCUT2D eigenvalue weighted by Gasteiger charge is 2.38. The van der Waals surface area contributed by atoms with Crippen LogP contribution in [0.4, 0.5) is 0 Å². The number of imide groups is 2. The van der Waals surface area contributed by atoms with Crippen molar-refractivity contribution in [1.82, 2.24) is 9.62 Å². The van der Waals surface area contributed by atoms with Crippen LogP contribution in [0.3, 0.4) is 0 Å². The molecule has 0 saturated carbocycles. The Labute approximate surface area is 171 Å². The summed E-state index contributed by atoms with van der Waals surface area (Å²) >= 11 is 0. The number of rotatable bonds is 5. The largest absolute Gasteiger partial charge is 0.333 e. The molecule has 0 atom stereocenters. The van der Waals surface area contributed by atoms with E-state index < -0.39 is 0 Å². The maximum absolute atomic E-state index is 12.7. The highest BCUT2D eigenvalue weighted by Crippen LogP contribution is 2.26. The third-order valence-corrected chi connectivity index (χ3v) is 5.55. The zero-order valence-corrected chi connectivity index (χ0v) is 16.7. The Morgan fingerprint density at radius 1 is 0.724 bits per heavy atom. The smallest absolute Gasteiger partial charge is 0.248 e. The fraction of sp³-hybridized carbons (Fsp3) is 0.158. The average Bonchev–Trinajstić information content (AvgIpc) is 3.07. The molecule has 29 heavy (non-hydrogen) atoms. The average molecular weight is 382 g/mol. The molecule has 2 aliphatic rings. The molecule has 0 N–H and O–H groups in total. The number of carbonyl (C=O) groups is 4. The van der Waals surface area contributed by atoms with Crippen molar-refractivity contribution >= 4 is 58.6 Å². The quantitative estimate of drug-likeness (QED) is 0.488. The van der Waals surface area contributed by atoms with Crippen molar-refractivity contribution in [2.45, 2.75) is 19.8 Å². The van der Waals surface area contributed by atoms with Gasteiger partial charge in [0, 0.05) is 0 Å². The molecule has 0 unspecified atom stereocenters. The Morgan fingerprint density at radius 3 is 1.76 bits per heavy atom. The van der Waals surface area contributed by atoms with E-state index in [9.17, 15) is 19.2 Å². The van der Waals surface area contributed by atoms with Crippen LogP contribution in [0.15, 0.2) is 36.4 Å². The summed E-state index contributed by atoms with van der Waals surface area (Å²) in [6, 6.07) is 10.5. The number of hydrogen-bond acceptors (Lipinski definition) is 4. The Morgan fingerprint density at radius 2 is 1.21 bits per heavy atom. The summed E-state index contributed by atoms with van der Waals surface area (Å²) in [6.45, 7) is 4.06. The highest BCUT2D eigenvalue weighted by atomic mass is 16.2. The van der Waals surface area contributed by atoms with Gasteiger partial charge in [0.05, 0.1) is 22.3 Å². The van der Waals surface area contributed by atoms with E-state index in [1.165, 1.54) is 9.62 Å². The van der Waals surface area contributed by atoms with Crippen molar-refractivity contribution in [3.05, 3.63) is 64.2 Å². The van der Waals surface area contributed by atoms with Crippen LogP contribution >= 0.6 is 0 Å². The molecule has 2 aromatic rings. The second-order valence-electron chi connectivity index (χ2n) is 7.89. The van der Waals surface area contributed by atoms with Gasteiger partial charge in [-0.1, -0.05) is 37.5 Å². The van der Waals surface area contributed by atoms with Gasteiger partial charge in [0.2, 0.25) is 38.2 Å². The normalized spacial score (nSPS) is 15.1. The molecule has 0 aliphatic carbocycles. The zero-order chi connectivity index (χ0) is 20.9. The van der Waals surface area contributed by atoms with Crippen LogP contribution in [0, 0.1) is 0 Å². The second-order valence-corrected chi connectivity index (χ2v) is 7.89. The first-order valence-corrected chi connectivity index (χ1v) is 9.76. The predicted molar refractivity (Wildman–Crippen MR) is 118 cm³/mol. The summed E-state index contributed by atoms with van der Waals surface area (Å²) in [4.78, 5) is 52.8.